The molecule has 0 saturated carbocycles. The molecule has 0 saturated heterocycles. The molecule has 1 aliphatic rings. The standard InChI is InChI=1S/C13H17NO2/c1-3-6-14(2)10-11-4-5-12-13(9-11)16-8-7-15-12/h3-5,9H,1,6-8,10H2,2H3. The number of hydrogen-bond donors (Lipinski definition) is 0. The third-order valence-corrected chi connectivity index (χ3v) is 2.50. The van der Waals surface area contributed by atoms with Crippen molar-refractivity contribution in [1.82, 2.24) is 4.90 Å². The van der Waals surface area contributed by atoms with E-state index in [2.05, 4.69) is 24.6 Å². The molecule has 1 heterocycles. The van der Waals surface area contributed by atoms with Crippen LogP contribution in [-0.4, -0.2) is 31.7 Å². The molecular formula is C13H17NO2. The summed E-state index contributed by atoms with van der Waals surface area (Å²) >= 11 is 0. The van der Waals surface area contributed by atoms with Gasteiger partial charge in [0.25, 0.3) is 0 Å². The summed E-state index contributed by atoms with van der Waals surface area (Å²) in [5.74, 6) is 1.71. The van der Waals surface area contributed by atoms with Gasteiger partial charge in [0, 0.05) is 13.1 Å². The molecule has 0 fully saturated rings. The minimum absolute atomic E-state index is 0.638. The van der Waals surface area contributed by atoms with Gasteiger partial charge in [0.05, 0.1) is 0 Å². The van der Waals surface area contributed by atoms with Crippen LogP contribution in [-0.2, 0) is 6.54 Å². The van der Waals surface area contributed by atoms with Gasteiger partial charge in [0.1, 0.15) is 13.2 Å². The van der Waals surface area contributed by atoms with Crippen LogP contribution < -0.4 is 9.47 Å². The molecule has 86 valence electrons. The molecule has 0 spiro atoms. The maximum atomic E-state index is 5.54. The summed E-state index contributed by atoms with van der Waals surface area (Å²) in [4.78, 5) is 2.19. The van der Waals surface area contributed by atoms with Crippen LogP contribution in [0.1, 0.15) is 5.56 Å². The van der Waals surface area contributed by atoms with E-state index < -0.39 is 0 Å². The lowest BCUT2D eigenvalue weighted by molar-refractivity contribution is 0.171. The Morgan fingerprint density at radius 3 is 2.81 bits per heavy atom. The molecule has 0 aliphatic carbocycles. The highest BCUT2D eigenvalue weighted by Gasteiger charge is 2.11. The number of hydrogen-bond acceptors (Lipinski definition) is 3. The van der Waals surface area contributed by atoms with Crippen LogP contribution in [0.3, 0.4) is 0 Å². The van der Waals surface area contributed by atoms with E-state index in [1.54, 1.807) is 0 Å². The first-order chi connectivity index (χ1) is 7.79. The molecule has 0 radical (unpaired) electrons. The van der Waals surface area contributed by atoms with Crippen LogP contribution in [0.5, 0.6) is 11.5 Å². The van der Waals surface area contributed by atoms with Crippen LogP contribution in [0, 0.1) is 0 Å². The Morgan fingerprint density at radius 2 is 2.06 bits per heavy atom. The molecule has 0 atom stereocenters. The summed E-state index contributed by atoms with van der Waals surface area (Å²) in [7, 11) is 2.07. The Labute approximate surface area is 96.3 Å². The largest absolute Gasteiger partial charge is 0.486 e. The zero-order valence-corrected chi connectivity index (χ0v) is 9.61. The molecule has 3 heteroatoms. The smallest absolute Gasteiger partial charge is 0.161 e. The molecule has 1 aromatic rings. The predicted molar refractivity (Wildman–Crippen MR) is 64.0 cm³/mol. The van der Waals surface area contributed by atoms with E-state index in [9.17, 15) is 0 Å². The lowest BCUT2D eigenvalue weighted by Gasteiger charge is -2.20. The summed E-state index contributed by atoms with van der Waals surface area (Å²) < 4.78 is 11.0. The fourth-order valence-corrected chi connectivity index (χ4v) is 1.78. The summed E-state index contributed by atoms with van der Waals surface area (Å²) in [6.07, 6.45) is 1.90. The van der Waals surface area contributed by atoms with Crippen LogP contribution in [0.15, 0.2) is 30.9 Å². The topological polar surface area (TPSA) is 21.7 Å². The maximum absolute atomic E-state index is 5.54. The van der Waals surface area contributed by atoms with Gasteiger partial charge in [-0.15, -0.1) is 6.58 Å². The average Bonchev–Trinajstić information content (AvgIpc) is 2.29. The number of rotatable bonds is 4. The van der Waals surface area contributed by atoms with Crippen LogP contribution in [0.25, 0.3) is 0 Å². The Hall–Kier alpha value is -1.48. The van der Waals surface area contributed by atoms with Gasteiger partial charge >= 0.3 is 0 Å². The first-order valence-electron chi connectivity index (χ1n) is 5.47. The van der Waals surface area contributed by atoms with Gasteiger partial charge in [0.15, 0.2) is 11.5 Å². The van der Waals surface area contributed by atoms with Crippen molar-refractivity contribution in [2.75, 3.05) is 26.8 Å². The summed E-state index contributed by atoms with van der Waals surface area (Å²) in [6, 6.07) is 6.10. The van der Waals surface area contributed by atoms with Gasteiger partial charge in [0.2, 0.25) is 0 Å². The van der Waals surface area contributed by atoms with E-state index >= 15 is 0 Å². The fourth-order valence-electron chi connectivity index (χ4n) is 1.78. The molecule has 0 amide bonds. The van der Waals surface area contributed by atoms with Crippen LogP contribution in [0.4, 0.5) is 0 Å². The normalized spacial score (nSPS) is 13.9. The van der Waals surface area contributed by atoms with Crippen molar-refractivity contribution in [2.24, 2.45) is 0 Å². The van der Waals surface area contributed by atoms with Gasteiger partial charge in [-0.1, -0.05) is 12.1 Å². The van der Waals surface area contributed by atoms with E-state index in [1.165, 1.54) is 5.56 Å². The Kier molecular flexibility index (Phi) is 3.47. The second kappa shape index (κ2) is 5.03. The number of ether oxygens (including phenoxy) is 2. The van der Waals surface area contributed by atoms with Gasteiger partial charge in [-0.05, 0) is 24.7 Å². The molecule has 0 aromatic heterocycles. The molecular weight excluding hydrogens is 202 g/mol. The predicted octanol–water partition coefficient (Wildman–Crippen LogP) is 2.08. The molecule has 0 unspecified atom stereocenters. The van der Waals surface area contributed by atoms with Crippen molar-refractivity contribution in [1.29, 1.82) is 0 Å². The first-order valence-corrected chi connectivity index (χ1v) is 5.47. The molecule has 1 aromatic carbocycles. The Balaban J connectivity index is 2.08. The van der Waals surface area contributed by atoms with E-state index in [4.69, 9.17) is 9.47 Å². The summed E-state index contributed by atoms with van der Waals surface area (Å²) in [6.45, 7) is 6.78. The van der Waals surface area contributed by atoms with E-state index in [0.29, 0.717) is 13.2 Å². The highest BCUT2D eigenvalue weighted by Crippen LogP contribution is 2.30. The fraction of sp³-hybridized carbons (Fsp3) is 0.385. The monoisotopic (exact) mass is 219 g/mol. The molecule has 2 rings (SSSR count). The number of nitrogens with zero attached hydrogens (tertiary/aromatic N) is 1. The lowest BCUT2D eigenvalue weighted by Crippen LogP contribution is -2.18. The van der Waals surface area contributed by atoms with Crippen molar-refractivity contribution in [3.8, 4) is 11.5 Å². The maximum Gasteiger partial charge on any atom is 0.161 e. The van der Waals surface area contributed by atoms with Gasteiger partial charge in [-0.2, -0.15) is 0 Å². The highest BCUT2D eigenvalue weighted by atomic mass is 16.6. The summed E-state index contributed by atoms with van der Waals surface area (Å²) in [5.41, 5.74) is 1.23. The number of likely N-dealkylation sites (N-methyl/N-ethyl adjacent to an activating group) is 1. The van der Waals surface area contributed by atoms with Gasteiger partial charge in [-0.3, -0.25) is 4.90 Å². The number of benzene rings is 1. The summed E-state index contributed by atoms with van der Waals surface area (Å²) in [5, 5.41) is 0. The molecule has 3 nitrogen and oxygen atoms in total. The lowest BCUT2D eigenvalue weighted by atomic mass is 10.2. The van der Waals surface area contributed by atoms with E-state index in [1.807, 2.05) is 18.2 Å². The second-order valence-corrected chi connectivity index (χ2v) is 3.96. The SMILES string of the molecule is C=CCN(C)Cc1ccc2c(c1)OCCO2. The molecule has 0 N–H and O–H groups in total. The zero-order valence-electron chi connectivity index (χ0n) is 9.61. The van der Waals surface area contributed by atoms with Crippen LogP contribution >= 0.6 is 0 Å². The molecule has 16 heavy (non-hydrogen) atoms. The van der Waals surface area contributed by atoms with Gasteiger partial charge < -0.3 is 9.47 Å². The number of fused-ring (bicyclic) bond motifs is 1. The van der Waals surface area contributed by atoms with Crippen molar-refractivity contribution in [3.63, 3.8) is 0 Å². The third kappa shape index (κ3) is 2.55. The molecule has 0 bridgehead atoms. The minimum Gasteiger partial charge on any atom is -0.486 e. The van der Waals surface area contributed by atoms with E-state index in [0.717, 1.165) is 24.6 Å². The third-order valence-electron chi connectivity index (χ3n) is 2.50. The average molecular weight is 219 g/mol. The highest BCUT2D eigenvalue weighted by molar-refractivity contribution is 5.43. The minimum atomic E-state index is 0.638. The van der Waals surface area contributed by atoms with Crippen LogP contribution in [0.2, 0.25) is 0 Å². The van der Waals surface area contributed by atoms with Crippen molar-refractivity contribution < 1.29 is 9.47 Å². The van der Waals surface area contributed by atoms with Gasteiger partial charge in [-0.25, -0.2) is 0 Å². The zero-order chi connectivity index (χ0) is 11.4. The van der Waals surface area contributed by atoms with E-state index in [-0.39, 0.29) is 0 Å². The van der Waals surface area contributed by atoms with Crippen molar-refractivity contribution in [3.05, 3.63) is 36.4 Å². The first kappa shape index (κ1) is 11.0. The molecule has 1 aliphatic heterocycles. The van der Waals surface area contributed by atoms with Crippen molar-refractivity contribution >= 4 is 0 Å². The second-order valence-electron chi connectivity index (χ2n) is 3.96. The van der Waals surface area contributed by atoms with Crippen molar-refractivity contribution in [2.45, 2.75) is 6.54 Å². The Morgan fingerprint density at radius 1 is 1.31 bits per heavy atom. The Bertz CT molecular complexity index is 376. The quantitative estimate of drug-likeness (QED) is 0.724.